The highest BCUT2D eigenvalue weighted by atomic mass is 32.1. The van der Waals surface area contributed by atoms with Crippen LogP contribution in [-0.2, 0) is 0 Å². The monoisotopic (exact) mass is 280 g/mol. The molecule has 1 saturated carbocycles. The van der Waals surface area contributed by atoms with Crippen LogP contribution in [0.1, 0.15) is 49.9 Å². The van der Waals surface area contributed by atoms with Crippen molar-refractivity contribution in [3.8, 4) is 0 Å². The molecule has 1 unspecified atom stereocenters. The molecule has 2 nitrogen and oxygen atoms in total. The van der Waals surface area contributed by atoms with Gasteiger partial charge in [0.05, 0.1) is 0 Å². The van der Waals surface area contributed by atoms with E-state index in [0.717, 1.165) is 6.54 Å². The SMILES string of the molecule is CNCC1(CN(C)C(C)c2cccs2)CCCCC1. The minimum absolute atomic E-state index is 0.493. The fourth-order valence-corrected chi connectivity index (χ4v) is 4.33. The summed E-state index contributed by atoms with van der Waals surface area (Å²) in [4.78, 5) is 4.03. The normalized spacial score (nSPS) is 20.6. The third-order valence-corrected chi connectivity index (χ3v) is 5.71. The maximum atomic E-state index is 3.43. The summed E-state index contributed by atoms with van der Waals surface area (Å²) in [6, 6.07) is 4.96. The molecule has 0 bridgehead atoms. The second-order valence-electron chi connectivity index (χ2n) is 6.20. The molecular formula is C16H28N2S. The van der Waals surface area contributed by atoms with Gasteiger partial charge < -0.3 is 5.32 Å². The molecule has 1 fully saturated rings. The first-order valence-corrected chi connectivity index (χ1v) is 8.43. The first kappa shape index (κ1) is 15.0. The second-order valence-corrected chi connectivity index (χ2v) is 7.18. The van der Waals surface area contributed by atoms with Crippen molar-refractivity contribution in [1.82, 2.24) is 10.2 Å². The predicted molar refractivity (Wildman–Crippen MR) is 84.8 cm³/mol. The van der Waals surface area contributed by atoms with Crippen molar-refractivity contribution in [2.45, 2.75) is 45.1 Å². The van der Waals surface area contributed by atoms with Crippen molar-refractivity contribution in [3.05, 3.63) is 22.4 Å². The Morgan fingerprint density at radius 3 is 2.68 bits per heavy atom. The van der Waals surface area contributed by atoms with E-state index in [0.29, 0.717) is 11.5 Å². The van der Waals surface area contributed by atoms with Crippen LogP contribution < -0.4 is 5.32 Å². The van der Waals surface area contributed by atoms with E-state index in [-0.39, 0.29) is 0 Å². The third-order valence-electron chi connectivity index (χ3n) is 4.67. The van der Waals surface area contributed by atoms with Crippen molar-refractivity contribution in [2.24, 2.45) is 5.41 Å². The zero-order valence-electron chi connectivity index (χ0n) is 12.6. The molecule has 1 N–H and O–H groups in total. The maximum Gasteiger partial charge on any atom is 0.0410 e. The van der Waals surface area contributed by atoms with E-state index < -0.39 is 0 Å². The molecule has 1 aromatic heterocycles. The summed E-state index contributed by atoms with van der Waals surface area (Å²) >= 11 is 1.88. The Bertz CT molecular complexity index is 349. The Hall–Kier alpha value is -0.380. The lowest BCUT2D eigenvalue weighted by atomic mass is 9.73. The quantitative estimate of drug-likeness (QED) is 0.850. The molecule has 1 heterocycles. The fourth-order valence-electron chi connectivity index (χ4n) is 3.48. The first-order valence-electron chi connectivity index (χ1n) is 7.55. The molecule has 19 heavy (non-hydrogen) atoms. The summed E-state index contributed by atoms with van der Waals surface area (Å²) in [5.74, 6) is 0. The molecule has 0 spiro atoms. The van der Waals surface area contributed by atoms with Crippen LogP contribution in [0.2, 0.25) is 0 Å². The summed E-state index contributed by atoms with van der Waals surface area (Å²) < 4.78 is 0. The van der Waals surface area contributed by atoms with Crippen molar-refractivity contribution in [2.75, 3.05) is 27.2 Å². The number of thiophene rings is 1. The van der Waals surface area contributed by atoms with Gasteiger partial charge >= 0.3 is 0 Å². The molecule has 1 aliphatic carbocycles. The zero-order chi connectivity index (χ0) is 13.7. The molecule has 1 atom stereocenters. The average Bonchev–Trinajstić information content (AvgIpc) is 2.93. The van der Waals surface area contributed by atoms with E-state index in [1.165, 1.54) is 43.5 Å². The minimum Gasteiger partial charge on any atom is -0.319 e. The van der Waals surface area contributed by atoms with E-state index in [1.54, 1.807) is 0 Å². The number of nitrogens with one attached hydrogen (secondary N) is 1. The van der Waals surface area contributed by atoms with Gasteiger partial charge in [0, 0.05) is 24.0 Å². The van der Waals surface area contributed by atoms with Gasteiger partial charge in [0.15, 0.2) is 0 Å². The number of hydrogen-bond donors (Lipinski definition) is 1. The van der Waals surface area contributed by atoms with E-state index in [1.807, 2.05) is 11.3 Å². The molecule has 0 radical (unpaired) electrons. The standard InChI is InChI=1S/C16H28N2S/c1-14(15-8-7-11-19-15)18(3)13-16(12-17-2)9-5-4-6-10-16/h7-8,11,14,17H,4-6,9-10,12-13H2,1-3H3. The molecule has 0 aliphatic heterocycles. The average molecular weight is 280 g/mol. The Balaban J connectivity index is 2.00. The van der Waals surface area contributed by atoms with Crippen LogP contribution in [0, 0.1) is 5.41 Å². The van der Waals surface area contributed by atoms with E-state index >= 15 is 0 Å². The Morgan fingerprint density at radius 2 is 2.11 bits per heavy atom. The minimum atomic E-state index is 0.493. The van der Waals surface area contributed by atoms with E-state index in [2.05, 4.69) is 48.7 Å². The van der Waals surface area contributed by atoms with Gasteiger partial charge in [-0.1, -0.05) is 25.3 Å². The van der Waals surface area contributed by atoms with Crippen molar-refractivity contribution >= 4 is 11.3 Å². The fraction of sp³-hybridized carbons (Fsp3) is 0.750. The number of nitrogens with zero attached hydrogens (tertiary/aromatic N) is 1. The van der Waals surface area contributed by atoms with Crippen molar-refractivity contribution < 1.29 is 0 Å². The lowest BCUT2D eigenvalue weighted by molar-refractivity contribution is 0.0998. The Kier molecular flexibility index (Phi) is 5.43. The molecule has 1 aliphatic rings. The lowest BCUT2D eigenvalue weighted by Crippen LogP contribution is -2.44. The molecule has 108 valence electrons. The number of rotatable bonds is 6. The van der Waals surface area contributed by atoms with Crippen LogP contribution in [0.3, 0.4) is 0 Å². The molecule has 1 aromatic rings. The topological polar surface area (TPSA) is 15.3 Å². The van der Waals surface area contributed by atoms with Crippen LogP contribution in [0.25, 0.3) is 0 Å². The summed E-state index contributed by atoms with van der Waals surface area (Å²) in [7, 11) is 4.38. The highest BCUT2D eigenvalue weighted by Gasteiger charge is 2.33. The van der Waals surface area contributed by atoms with Gasteiger partial charge in [0.2, 0.25) is 0 Å². The van der Waals surface area contributed by atoms with Crippen LogP contribution in [0.15, 0.2) is 17.5 Å². The van der Waals surface area contributed by atoms with Gasteiger partial charge in [-0.2, -0.15) is 0 Å². The predicted octanol–water partition coefficient (Wildman–Crippen LogP) is 3.91. The second kappa shape index (κ2) is 6.87. The Morgan fingerprint density at radius 1 is 1.37 bits per heavy atom. The van der Waals surface area contributed by atoms with Crippen LogP contribution in [0.5, 0.6) is 0 Å². The molecular weight excluding hydrogens is 252 g/mol. The lowest BCUT2D eigenvalue weighted by Gasteiger charge is -2.41. The first-order chi connectivity index (χ1) is 9.17. The largest absolute Gasteiger partial charge is 0.319 e. The van der Waals surface area contributed by atoms with E-state index in [4.69, 9.17) is 0 Å². The van der Waals surface area contributed by atoms with Gasteiger partial charge in [0.1, 0.15) is 0 Å². The van der Waals surface area contributed by atoms with Crippen LogP contribution in [0.4, 0.5) is 0 Å². The third kappa shape index (κ3) is 3.80. The van der Waals surface area contributed by atoms with Gasteiger partial charge in [-0.3, -0.25) is 4.90 Å². The zero-order valence-corrected chi connectivity index (χ0v) is 13.4. The number of hydrogen-bond acceptors (Lipinski definition) is 3. The molecule has 2 rings (SSSR count). The van der Waals surface area contributed by atoms with Gasteiger partial charge in [0.25, 0.3) is 0 Å². The molecule has 0 aromatic carbocycles. The highest BCUT2D eigenvalue weighted by molar-refractivity contribution is 7.10. The smallest absolute Gasteiger partial charge is 0.0410 e. The summed E-state index contributed by atoms with van der Waals surface area (Å²) in [5, 5.41) is 5.62. The Labute approximate surface area is 122 Å². The highest BCUT2D eigenvalue weighted by Crippen LogP contribution is 2.38. The van der Waals surface area contributed by atoms with Gasteiger partial charge in [-0.15, -0.1) is 11.3 Å². The van der Waals surface area contributed by atoms with Crippen LogP contribution >= 0.6 is 11.3 Å². The maximum absolute atomic E-state index is 3.43. The molecule has 3 heteroatoms. The van der Waals surface area contributed by atoms with Crippen molar-refractivity contribution in [1.29, 1.82) is 0 Å². The molecule has 0 saturated heterocycles. The summed E-state index contributed by atoms with van der Waals surface area (Å²) in [5.41, 5.74) is 0.493. The van der Waals surface area contributed by atoms with Gasteiger partial charge in [-0.05, 0) is 50.7 Å². The summed E-state index contributed by atoms with van der Waals surface area (Å²) in [6.45, 7) is 4.71. The molecule has 0 amide bonds. The van der Waals surface area contributed by atoms with Crippen LogP contribution in [-0.4, -0.2) is 32.1 Å². The summed E-state index contributed by atoms with van der Waals surface area (Å²) in [6.07, 6.45) is 7.01. The van der Waals surface area contributed by atoms with Crippen molar-refractivity contribution in [3.63, 3.8) is 0 Å². The van der Waals surface area contributed by atoms with Gasteiger partial charge in [-0.25, -0.2) is 0 Å². The van der Waals surface area contributed by atoms with E-state index in [9.17, 15) is 0 Å².